The van der Waals surface area contributed by atoms with Gasteiger partial charge in [0, 0.05) is 10.0 Å². The normalized spacial score (nSPS) is 10.8. The van der Waals surface area contributed by atoms with Crippen molar-refractivity contribution in [2.45, 2.75) is 13.3 Å². The predicted octanol–water partition coefficient (Wildman–Crippen LogP) is 4.35. The van der Waals surface area contributed by atoms with E-state index in [1.807, 2.05) is 0 Å². The molecule has 1 aromatic rings. The van der Waals surface area contributed by atoms with E-state index in [1.54, 1.807) is 6.92 Å². The van der Waals surface area contributed by atoms with Crippen molar-refractivity contribution in [3.63, 3.8) is 0 Å². The molecule has 0 atom stereocenters. The monoisotopic (exact) mass is 254 g/mol. The number of hydrogen-bond donors (Lipinski definition) is 0. The molecule has 1 aromatic carbocycles. The molecule has 0 unspecified atom stereocenters. The van der Waals surface area contributed by atoms with Crippen LogP contribution in [0, 0.1) is 6.92 Å². The highest BCUT2D eigenvalue weighted by molar-refractivity contribution is 9.10. The first-order chi connectivity index (χ1) is 5.52. The van der Waals surface area contributed by atoms with Gasteiger partial charge in [-0.2, -0.15) is 0 Å². The Kier molecular flexibility index (Phi) is 3.07. The molecular formula is C8H6BrClF2. The van der Waals surface area contributed by atoms with Crippen LogP contribution in [0.25, 0.3) is 0 Å². The van der Waals surface area contributed by atoms with Gasteiger partial charge < -0.3 is 0 Å². The molecule has 0 N–H and O–H groups in total. The first-order valence-corrected chi connectivity index (χ1v) is 4.43. The summed E-state index contributed by atoms with van der Waals surface area (Å²) in [6.07, 6.45) is -2.45. The van der Waals surface area contributed by atoms with E-state index in [9.17, 15) is 8.78 Å². The van der Waals surface area contributed by atoms with Gasteiger partial charge in [0.25, 0.3) is 6.43 Å². The Morgan fingerprint density at radius 2 is 2.00 bits per heavy atom. The number of benzene rings is 1. The Bertz CT molecular complexity index is 299. The molecule has 0 aromatic heterocycles. The average Bonchev–Trinajstić information content (AvgIpc) is 1.96. The van der Waals surface area contributed by atoms with E-state index < -0.39 is 6.43 Å². The van der Waals surface area contributed by atoms with Crippen molar-refractivity contribution >= 4 is 27.5 Å². The fourth-order valence-corrected chi connectivity index (χ4v) is 1.48. The summed E-state index contributed by atoms with van der Waals surface area (Å²) in [6, 6.07) is 2.87. The molecule has 0 radical (unpaired) electrons. The molecule has 0 aliphatic heterocycles. The van der Waals surface area contributed by atoms with E-state index in [-0.39, 0.29) is 5.56 Å². The van der Waals surface area contributed by atoms with E-state index in [1.165, 1.54) is 12.1 Å². The van der Waals surface area contributed by atoms with Crippen LogP contribution in [-0.2, 0) is 0 Å². The SMILES string of the molecule is Cc1cc(Cl)c(Br)cc1C(F)F. The fraction of sp³-hybridized carbons (Fsp3) is 0.250. The number of aryl methyl sites for hydroxylation is 1. The van der Waals surface area contributed by atoms with Gasteiger partial charge in [-0.1, -0.05) is 11.6 Å². The maximum Gasteiger partial charge on any atom is 0.264 e. The van der Waals surface area contributed by atoms with Crippen LogP contribution in [0.2, 0.25) is 5.02 Å². The summed E-state index contributed by atoms with van der Waals surface area (Å²) < 4.78 is 25.1. The first-order valence-electron chi connectivity index (χ1n) is 3.26. The van der Waals surface area contributed by atoms with Crippen molar-refractivity contribution in [3.05, 3.63) is 32.8 Å². The van der Waals surface area contributed by atoms with E-state index in [4.69, 9.17) is 11.6 Å². The van der Waals surface area contributed by atoms with Crippen molar-refractivity contribution in [2.24, 2.45) is 0 Å². The van der Waals surface area contributed by atoms with Crippen LogP contribution in [0.15, 0.2) is 16.6 Å². The zero-order chi connectivity index (χ0) is 9.30. The van der Waals surface area contributed by atoms with E-state index in [2.05, 4.69) is 15.9 Å². The van der Waals surface area contributed by atoms with E-state index >= 15 is 0 Å². The molecule has 0 nitrogen and oxygen atoms in total. The minimum absolute atomic E-state index is 0.0197. The summed E-state index contributed by atoms with van der Waals surface area (Å²) in [6.45, 7) is 1.61. The lowest BCUT2D eigenvalue weighted by Crippen LogP contribution is -1.89. The van der Waals surface area contributed by atoms with Gasteiger partial charge in [0.15, 0.2) is 0 Å². The summed E-state index contributed by atoms with van der Waals surface area (Å²) in [5, 5.41) is 0.455. The molecule has 0 fully saturated rings. The van der Waals surface area contributed by atoms with Crippen molar-refractivity contribution in [2.75, 3.05) is 0 Å². The largest absolute Gasteiger partial charge is 0.264 e. The van der Waals surface area contributed by atoms with Gasteiger partial charge in [0.1, 0.15) is 0 Å². The van der Waals surface area contributed by atoms with Gasteiger partial charge in [-0.05, 0) is 40.5 Å². The lowest BCUT2D eigenvalue weighted by Gasteiger charge is -2.06. The third kappa shape index (κ3) is 1.96. The van der Waals surface area contributed by atoms with Crippen LogP contribution in [-0.4, -0.2) is 0 Å². The Morgan fingerprint density at radius 1 is 1.42 bits per heavy atom. The molecule has 0 aliphatic carbocycles. The third-order valence-corrected chi connectivity index (χ3v) is 2.74. The van der Waals surface area contributed by atoms with Gasteiger partial charge in [0.2, 0.25) is 0 Å². The molecule has 66 valence electrons. The maximum absolute atomic E-state index is 12.3. The zero-order valence-corrected chi connectivity index (χ0v) is 8.59. The molecule has 0 saturated heterocycles. The highest BCUT2D eigenvalue weighted by Gasteiger charge is 2.12. The van der Waals surface area contributed by atoms with Gasteiger partial charge in [-0.3, -0.25) is 0 Å². The quantitative estimate of drug-likeness (QED) is 0.700. The van der Waals surface area contributed by atoms with Crippen molar-refractivity contribution in [1.29, 1.82) is 0 Å². The molecular weight excluding hydrogens is 249 g/mol. The zero-order valence-electron chi connectivity index (χ0n) is 6.24. The second-order valence-corrected chi connectivity index (χ2v) is 3.69. The van der Waals surface area contributed by atoms with Crippen molar-refractivity contribution in [3.8, 4) is 0 Å². The van der Waals surface area contributed by atoms with E-state index in [0.29, 0.717) is 15.1 Å². The highest BCUT2D eigenvalue weighted by atomic mass is 79.9. The topological polar surface area (TPSA) is 0 Å². The van der Waals surface area contributed by atoms with Gasteiger partial charge in [-0.25, -0.2) is 8.78 Å². The second-order valence-electron chi connectivity index (χ2n) is 2.42. The Labute approximate surface area is 82.7 Å². The minimum atomic E-state index is -2.45. The van der Waals surface area contributed by atoms with Crippen molar-refractivity contribution in [1.82, 2.24) is 0 Å². The molecule has 0 aliphatic rings. The molecule has 0 heterocycles. The molecule has 4 heteroatoms. The van der Waals surface area contributed by atoms with Gasteiger partial charge >= 0.3 is 0 Å². The fourth-order valence-electron chi connectivity index (χ4n) is 0.897. The van der Waals surface area contributed by atoms with Crippen LogP contribution in [0.4, 0.5) is 8.78 Å². The summed E-state index contributed by atoms with van der Waals surface area (Å²) >= 11 is 8.78. The molecule has 1 rings (SSSR count). The molecule has 0 bridgehead atoms. The Balaban J connectivity index is 3.23. The standard InChI is InChI=1S/C8H6BrClF2/c1-4-2-7(10)6(9)3-5(4)8(11)12/h2-3,8H,1H3. The van der Waals surface area contributed by atoms with Crippen LogP contribution in [0.5, 0.6) is 0 Å². The van der Waals surface area contributed by atoms with Crippen molar-refractivity contribution < 1.29 is 8.78 Å². The molecule has 0 saturated carbocycles. The van der Waals surface area contributed by atoms with E-state index in [0.717, 1.165) is 0 Å². The Hall–Kier alpha value is -0.150. The molecule has 0 spiro atoms. The van der Waals surface area contributed by atoms with Crippen LogP contribution in [0.3, 0.4) is 0 Å². The highest BCUT2D eigenvalue weighted by Crippen LogP contribution is 2.31. The smallest absolute Gasteiger partial charge is 0.205 e. The van der Waals surface area contributed by atoms with Crippen LogP contribution in [0.1, 0.15) is 17.6 Å². The van der Waals surface area contributed by atoms with Gasteiger partial charge in [0.05, 0.1) is 5.02 Å². The van der Waals surface area contributed by atoms with Gasteiger partial charge in [-0.15, -0.1) is 0 Å². The number of rotatable bonds is 1. The minimum Gasteiger partial charge on any atom is -0.205 e. The number of halogens is 4. The summed E-state index contributed by atoms with van der Waals surface area (Å²) in [7, 11) is 0. The average molecular weight is 255 g/mol. The van der Waals surface area contributed by atoms with Crippen LogP contribution >= 0.6 is 27.5 Å². The second kappa shape index (κ2) is 3.71. The maximum atomic E-state index is 12.3. The number of hydrogen-bond acceptors (Lipinski definition) is 0. The summed E-state index contributed by atoms with van der Waals surface area (Å²) in [5.74, 6) is 0. The summed E-state index contributed by atoms with van der Waals surface area (Å²) in [5.41, 5.74) is 0.532. The third-order valence-electron chi connectivity index (χ3n) is 1.54. The molecule has 0 amide bonds. The first kappa shape index (κ1) is 9.93. The Morgan fingerprint density at radius 3 is 2.50 bits per heavy atom. The summed E-state index contributed by atoms with van der Waals surface area (Å²) in [4.78, 5) is 0. The van der Waals surface area contributed by atoms with Crippen LogP contribution < -0.4 is 0 Å². The lowest BCUT2D eigenvalue weighted by atomic mass is 10.1. The lowest BCUT2D eigenvalue weighted by molar-refractivity contribution is 0.150. The number of alkyl halides is 2. The molecule has 12 heavy (non-hydrogen) atoms. The predicted molar refractivity (Wildman–Crippen MR) is 48.8 cm³/mol.